The molecular weight excluding hydrogens is 396 g/mol. The number of ether oxygens (including phenoxy) is 3. The molecule has 0 spiro atoms. The summed E-state index contributed by atoms with van der Waals surface area (Å²) in [5.74, 6) is 1.05. The van der Waals surface area contributed by atoms with E-state index in [9.17, 15) is 14.4 Å². The smallest absolute Gasteiger partial charge is 0.309 e. The molecule has 0 amide bonds. The number of carbonyl (C=O) groups is 3. The molecule has 0 aliphatic heterocycles. The second-order valence-electron chi connectivity index (χ2n) is 11.0. The van der Waals surface area contributed by atoms with Crippen molar-refractivity contribution >= 4 is 17.9 Å². The third kappa shape index (κ3) is 3.58. The zero-order chi connectivity index (χ0) is 22.6. The molecule has 4 aliphatic carbocycles. The summed E-state index contributed by atoms with van der Waals surface area (Å²) in [5.41, 5.74) is -0.208. The summed E-state index contributed by atoms with van der Waals surface area (Å²) in [4.78, 5) is 36.2. The average Bonchev–Trinajstić information content (AvgIpc) is 3.06. The molecule has 31 heavy (non-hydrogen) atoms. The molecule has 6 nitrogen and oxygen atoms in total. The first-order valence-corrected chi connectivity index (χ1v) is 12.0. The van der Waals surface area contributed by atoms with E-state index in [4.69, 9.17) is 14.2 Å². The van der Waals surface area contributed by atoms with Gasteiger partial charge in [0.2, 0.25) is 0 Å². The van der Waals surface area contributed by atoms with Crippen LogP contribution in [0.1, 0.15) is 79.1 Å². The molecule has 0 saturated heterocycles. The van der Waals surface area contributed by atoms with Gasteiger partial charge in [-0.25, -0.2) is 0 Å². The van der Waals surface area contributed by atoms with E-state index in [0.717, 1.165) is 51.4 Å². The molecule has 0 unspecified atom stereocenters. The number of carbonyl (C=O) groups excluding carboxylic acids is 3. The lowest BCUT2D eigenvalue weighted by atomic mass is 9.44. The Bertz CT molecular complexity index is 748. The van der Waals surface area contributed by atoms with Crippen molar-refractivity contribution in [3.63, 3.8) is 0 Å². The molecule has 4 saturated carbocycles. The number of methoxy groups -OCH3 is 1. The van der Waals surface area contributed by atoms with Gasteiger partial charge in [-0.15, -0.1) is 0 Å². The van der Waals surface area contributed by atoms with Crippen molar-refractivity contribution in [1.82, 2.24) is 0 Å². The highest BCUT2D eigenvalue weighted by molar-refractivity contribution is 5.74. The van der Waals surface area contributed by atoms with E-state index in [1.54, 1.807) is 0 Å². The Hall–Kier alpha value is -1.59. The summed E-state index contributed by atoms with van der Waals surface area (Å²) in [6, 6.07) is 0. The molecular formula is C25H38O6. The number of rotatable bonds is 3. The van der Waals surface area contributed by atoms with Crippen LogP contribution in [0.25, 0.3) is 0 Å². The van der Waals surface area contributed by atoms with Crippen LogP contribution >= 0.6 is 0 Å². The topological polar surface area (TPSA) is 78.9 Å². The van der Waals surface area contributed by atoms with Crippen molar-refractivity contribution in [2.45, 2.75) is 91.3 Å². The lowest BCUT2D eigenvalue weighted by Gasteiger charge is -2.62. The Labute approximate surface area is 185 Å². The van der Waals surface area contributed by atoms with Gasteiger partial charge < -0.3 is 14.2 Å². The predicted molar refractivity (Wildman–Crippen MR) is 114 cm³/mol. The first kappa shape index (κ1) is 22.6. The molecule has 0 radical (unpaired) electrons. The number of hydrogen-bond acceptors (Lipinski definition) is 6. The highest BCUT2D eigenvalue weighted by Gasteiger charge is 2.66. The van der Waals surface area contributed by atoms with E-state index in [-0.39, 0.29) is 46.9 Å². The summed E-state index contributed by atoms with van der Waals surface area (Å²) < 4.78 is 16.7. The van der Waals surface area contributed by atoms with Gasteiger partial charge in [-0.2, -0.15) is 0 Å². The molecule has 0 bridgehead atoms. The second-order valence-corrected chi connectivity index (χ2v) is 11.0. The predicted octanol–water partition coefficient (Wildman–Crippen LogP) is 4.29. The molecule has 9 atom stereocenters. The maximum atomic E-state index is 12.7. The minimum Gasteiger partial charge on any atom is -0.469 e. The largest absolute Gasteiger partial charge is 0.469 e. The molecule has 174 valence electrons. The summed E-state index contributed by atoms with van der Waals surface area (Å²) in [7, 11) is 1.46. The van der Waals surface area contributed by atoms with Crippen LogP contribution in [0.15, 0.2) is 0 Å². The molecule has 0 heterocycles. The monoisotopic (exact) mass is 434 g/mol. The Kier molecular flexibility index (Phi) is 5.89. The zero-order valence-electron chi connectivity index (χ0n) is 19.6. The highest BCUT2D eigenvalue weighted by atomic mass is 16.5. The third-order valence-electron chi connectivity index (χ3n) is 9.82. The van der Waals surface area contributed by atoms with Gasteiger partial charge in [0.1, 0.15) is 12.2 Å². The number of esters is 3. The minimum absolute atomic E-state index is 0.0282. The molecule has 0 aromatic carbocycles. The Balaban J connectivity index is 1.64. The number of fused-ring (bicyclic) bond motifs is 5. The van der Waals surface area contributed by atoms with Crippen LogP contribution in [0.3, 0.4) is 0 Å². The fourth-order valence-corrected chi connectivity index (χ4v) is 8.41. The van der Waals surface area contributed by atoms with Gasteiger partial charge in [0, 0.05) is 19.3 Å². The summed E-state index contributed by atoms with van der Waals surface area (Å²) >= 11 is 0. The van der Waals surface area contributed by atoms with Crippen molar-refractivity contribution in [3.05, 3.63) is 0 Å². The molecule has 6 heteroatoms. The van der Waals surface area contributed by atoms with E-state index in [1.807, 2.05) is 0 Å². The average molecular weight is 435 g/mol. The third-order valence-corrected chi connectivity index (χ3v) is 9.82. The van der Waals surface area contributed by atoms with Crippen LogP contribution < -0.4 is 0 Å². The lowest BCUT2D eigenvalue weighted by molar-refractivity contribution is -0.199. The van der Waals surface area contributed by atoms with E-state index >= 15 is 0 Å². The maximum Gasteiger partial charge on any atom is 0.309 e. The normalized spacial score (nSPS) is 46.2. The molecule has 0 N–H and O–H groups in total. The van der Waals surface area contributed by atoms with Crippen LogP contribution in [0.2, 0.25) is 0 Å². The van der Waals surface area contributed by atoms with Crippen LogP contribution in [0.4, 0.5) is 0 Å². The Morgan fingerprint density at radius 2 is 1.55 bits per heavy atom. The lowest BCUT2D eigenvalue weighted by Crippen LogP contribution is -2.60. The van der Waals surface area contributed by atoms with Crippen molar-refractivity contribution in [3.8, 4) is 0 Å². The van der Waals surface area contributed by atoms with Gasteiger partial charge >= 0.3 is 17.9 Å². The van der Waals surface area contributed by atoms with Crippen LogP contribution in [0.5, 0.6) is 0 Å². The van der Waals surface area contributed by atoms with E-state index in [2.05, 4.69) is 13.8 Å². The summed E-state index contributed by atoms with van der Waals surface area (Å²) in [6.07, 6.45) is 7.54. The van der Waals surface area contributed by atoms with Gasteiger partial charge in [-0.1, -0.05) is 13.8 Å². The van der Waals surface area contributed by atoms with Crippen molar-refractivity contribution in [2.75, 3.05) is 7.11 Å². The Morgan fingerprint density at radius 3 is 2.19 bits per heavy atom. The van der Waals surface area contributed by atoms with E-state index in [1.165, 1.54) is 21.0 Å². The summed E-state index contributed by atoms with van der Waals surface area (Å²) in [5, 5.41) is 0. The van der Waals surface area contributed by atoms with Gasteiger partial charge in [-0.3, -0.25) is 14.4 Å². The van der Waals surface area contributed by atoms with Crippen LogP contribution in [0, 0.1) is 40.4 Å². The highest BCUT2D eigenvalue weighted by Crippen LogP contribution is 2.68. The van der Waals surface area contributed by atoms with Crippen molar-refractivity contribution in [2.24, 2.45) is 40.4 Å². The van der Waals surface area contributed by atoms with Gasteiger partial charge in [0.25, 0.3) is 0 Å². The van der Waals surface area contributed by atoms with Crippen molar-refractivity contribution < 1.29 is 28.6 Å². The van der Waals surface area contributed by atoms with Crippen molar-refractivity contribution in [1.29, 1.82) is 0 Å². The Morgan fingerprint density at radius 1 is 0.839 bits per heavy atom. The van der Waals surface area contributed by atoms with Gasteiger partial charge in [0.15, 0.2) is 0 Å². The maximum absolute atomic E-state index is 12.7. The van der Waals surface area contributed by atoms with Crippen LogP contribution in [-0.4, -0.2) is 37.2 Å². The van der Waals surface area contributed by atoms with E-state index in [0.29, 0.717) is 23.7 Å². The molecule has 4 fully saturated rings. The SMILES string of the molecule is COC(=O)[C@@H]1CC[C@@H]2[C@@H]3CC[C@@H]4C[C@H](OC(C)=O)CC[C@]4(C)[C@@H]3C[C@H](OC(C)=O)[C@]21C. The van der Waals surface area contributed by atoms with Crippen LogP contribution in [-0.2, 0) is 28.6 Å². The molecule has 0 aromatic heterocycles. The molecule has 0 aromatic rings. The standard InChI is InChI=1S/C25H38O6/c1-14(26)30-17-10-11-24(3)16(12-17)6-7-18-19-8-9-20(23(28)29-5)25(19,4)22(13-21(18)24)31-15(2)27/h16-22H,6-13H2,1-5H3/t16-,17-,18+,19-,20+,21-,22+,24+,25-/m1/s1. The van der Waals surface area contributed by atoms with E-state index < -0.39 is 0 Å². The first-order valence-electron chi connectivity index (χ1n) is 12.0. The fourth-order valence-electron chi connectivity index (χ4n) is 8.41. The van der Waals surface area contributed by atoms with Gasteiger partial charge in [0.05, 0.1) is 13.0 Å². The second kappa shape index (κ2) is 8.08. The quantitative estimate of drug-likeness (QED) is 0.487. The summed E-state index contributed by atoms with van der Waals surface area (Å²) in [6.45, 7) is 7.55. The first-order chi connectivity index (χ1) is 14.6. The molecule has 4 rings (SSSR count). The fraction of sp³-hybridized carbons (Fsp3) is 0.880. The zero-order valence-corrected chi connectivity index (χ0v) is 19.6. The molecule has 4 aliphatic rings. The number of hydrogen-bond donors (Lipinski definition) is 0. The van der Waals surface area contributed by atoms with Gasteiger partial charge in [-0.05, 0) is 80.5 Å². The minimum atomic E-state index is -0.363.